The lowest BCUT2D eigenvalue weighted by molar-refractivity contribution is 0.417. The maximum Gasteiger partial charge on any atom is 0.0669 e. The van der Waals surface area contributed by atoms with Crippen LogP contribution in [0.15, 0.2) is 0 Å². The van der Waals surface area contributed by atoms with E-state index in [1.807, 2.05) is 0 Å². The molecule has 0 saturated heterocycles. The topological polar surface area (TPSA) is 29.9 Å². The molecule has 0 atom stereocenters. The minimum absolute atomic E-state index is 0.702. The molecule has 1 heterocycles. The minimum Gasteiger partial charge on any atom is -0.312 e. The Morgan fingerprint density at radius 2 is 1.90 bits per heavy atom. The van der Waals surface area contributed by atoms with Gasteiger partial charge >= 0.3 is 0 Å². The second-order valence-corrected chi connectivity index (χ2v) is 6.94. The number of aryl methyl sites for hydroxylation is 1. The molecule has 21 heavy (non-hydrogen) atoms. The van der Waals surface area contributed by atoms with Crippen LogP contribution in [0, 0.1) is 11.8 Å². The monoisotopic (exact) mass is 291 g/mol. The van der Waals surface area contributed by atoms with Crippen LogP contribution >= 0.6 is 0 Å². The first-order chi connectivity index (χ1) is 10.2. The Balaban J connectivity index is 2.11. The molecule has 0 bridgehead atoms. The molecule has 1 aromatic rings. The van der Waals surface area contributed by atoms with Crippen molar-refractivity contribution in [3.05, 3.63) is 17.0 Å². The SMILES string of the molecule is CCc1nn(CC2CCCC2)c(CC)c1CNCC(C)C. The van der Waals surface area contributed by atoms with Crippen LogP contribution in [-0.4, -0.2) is 16.3 Å². The summed E-state index contributed by atoms with van der Waals surface area (Å²) in [6.07, 6.45) is 7.76. The van der Waals surface area contributed by atoms with Gasteiger partial charge in [0.1, 0.15) is 0 Å². The van der Waals surface area contributed by atoms with Gasteiger partial charge in [0.05, 0.1) is 5.69 Å². The number of hydrogen-bond acceptors (Lipinski definition) is 2. The second-order valence-electron chi connectivity index (χ2n) is 6.94. The molecule has 0 aromatic carbocycles. The van der Waals surface area contributed by atoms with Crippen LogP contribution in [0.1, 0.15) is 70.3 Å². The van der Waals surface area contributed by atoms with Gasteiger partial charge in [0.25, 0.3) is 0 Å². The van der Waals surface area contributed by atoms with E-state index in [0.717, 1.165) is 38.4 Å². The Morgan fingerprint density at radius 3 is 2.48 bits per heavy atom. The number of hydrogen-bond donors (Lipinski definition) is 1. The molecule has 0 aliphatic heterocycles. The van der Waals surface area contributed by atoms with Crippen molar-refractivity contribution in [2.24, 2.45) is 11.8 Å². The van der Waals surface area contributed by atoms with E-state index >= 15 is 0 Å². The molecule has 3 heteroatoms. The summed E-state index contributed by atoms with van der Waals surface area (Å²) in [6, 6.07) is 0. The van der Waals surface area contributed by atoms with E-state index in [0.29, 0.717) is 5.92 Å². The van der Waals surface area contributed by atoms with Gasteiger partial charge in [-0.2, -0.15) is 5.10 Å². The molecule has 0 radical (unpaired) electrons. The van der Waals surface area contributed by atoms with Crippen molar-refractivity contribution in [2.45, 2.75) is 79.3 Å². The summed E-state index contributed by atoms with van der Waals surface area (Å²) in [5, 5.41) is 8.54. The Labute approximate surface area is 130 Å². The van der Waals surface area contributed by atoms with Gasteiger partial charge in [-0.1, -0.05) is 40.5 Å². The fraction of sp³-hybridized carbons (Fsp3) is 0.833. The third kappa shape index (κ3) is 4.32. The van der Waals surface area contributed by atoms with Gasteiger partial charge in [-0.05, 0) is 44.1 Å². The van der Waals surface area contributed by atoms with Crippen molar-refractivity contribution >= 4 is 0 Å². The van der Waals surface area contributed by atoms with E-state index in [9.17, 15) is 0 Å². The predicted octanol–water partition coefficient (Wildman–Crippen LogP) is 3.94. The van der Waals surface area contributed by atoms with Crippen molar-refractivity contribution < 1.29 is 0 Å². The minimum atomic E-state index is 0.702. The lowest BCUT2D eigenvalue weighted by atomic mass is 10.1. The second kappa shape index (κ2) is 7.98. The van der Waals surface area contributed by atoms with E-state index in [-0.39, 0.29) is 0 Å². The molecule has 1 N–H and O–H groups in total. The summed E-state index contributed by atoms with van der Waals surface area (Å²) >= 11 is 0. The van der Waals surface area contributed by atoms with Gasteiger partial charge in [-0.25, -0.2) is 0 Å². The van der Waals surface area contributed by atoms with E-state index in [4.69, 9.17) is 5.10 Å². The molecule has 1 saturated carbocycles. The highest BCUT2D eigenvalue weighted by molar-refractivity contribution is 5.27. The van der Waals surface area contributed by atoms with Crippen LogP contribution in [0.3, 0.4) is 0 Å². The quantitative estimate of drug-likeness (QED) is 0.786. The van der Waals surface area contributed by atoms with E-state index in [1.165, 1.54) is 42.6 Å². The van der Waals surface area contributed by atoms with Crippen LogP contribution in [0.2, 0.25) is 0 Å². The highest BCUT2D eigenvalue weighted by atomic mass is 15.3. The molecule has 0 spiro atoms. The lowest BCUT2D eigenvalue weighted by Gasteiger charge is -2.13. The van der Waals surface area contributed by atoms with E-state index in [2.05, 4.69) is 37.7 Å². The molecule has 0 unspecified atom stereocenters. The van der Waals surface area contributed by atoms with Crippen LogP contribution in [-0.2, 0) is 25.9 Å². The Hall–Kier alpha value is -0.830. The average molecular weight is 291 g/mol. The Bertz CT molecular complexity index is 428. The van der Waals surface area contributed by atoms with Gasteiger partial charge in [0.2, 0.25) is 0 Å². The standard InChI is InChI=1S/C18H33N3/c1-5-17-16(12-19-11-14(3)4)18(6-2)21(20-17)13-15-9-7-8-10-15/h14-15,19H,5-13H2,1-4H3. The van der Waals surface area contributed by atoms with Gasteiger partial charge in [-0.15, -0.1) is 0 Å². The number of nitrogens with one attached hydrogen (secondary N) is 1. The van der Waals surface area contributed by atoms with Crippen molar-refractivity contribution in [1.82, 2.24) is 15.1 Å². The van der Waals surface area contributed by atoms with Gasteiger partial charge < -0.3 is 5.32 Å². The van der Waals surface area contributed by atoms with E-state index < -0.39 is 0 Å². The highest BCUT2D eigenvalue weighted by Gasteiger charge is 2.20. The van der Waals surface area contributed by atoms with Gasteiger partial charge in [0.15, 0.2) is 0 Å². The van der Waals surface area contributed by atoms with Gasteiger partial charge in [-0.3, -0.25) is 4.68 Å². The summed E-state index contributed by atoms with van der Waals surface area (Å²) in [7, 11) is 0. The van der Waals surface area contributed by atoms with Crippen LogP contribution in [0.4, 0.5) is 0 Å². The van der Waals surface area contributed by atoms with Crippen LogP contribution < -0.4 is 5.32 Å². The summed E-state index contributed by atoms with van der Waals surface area (Å²) in [4.78, 5) is 0. The van der Waals surface area contributed by atoms with Crippen molar-refractivity contribution in [3.8, 4) is 0 Å². The predicted molar refractivity (Wildman–Crippen MR) is 89.5 cm³/mol. The number of aromatic nitrogens is 2. The first-order valence-corrected chi connectivity index (χ1v) is 8.93. The molecular weight excluding hydrogens is 258 g/mol. The number of nitrogens with zero attached hydrogens (tertiary/aromatic N) is 2. The smallest absolute Gasteiger partial charge is 0.0669 e. The fourth-order valence-corrected chi connectivity index (χ4v) is 3.55. The van der Waals surface area contributed by atoms with Crippen LogP contribution in [0.5, 0.6) is 0 Å². The zero-order valence-electron chi connectivity index (χ0n) is 14.4. The van der Waals surface area contributed by atoms with E-state index in [1.54, 1.807) is 0 Å². The maximum absolute atomic E-state index is 4.94. The van der Waals surface area contributed by atoms with Crippen LogP contribution in [0.25, 0.3) is 0 Å². The normalized spacial score (nSPS) is 16.2. The first-order valence-electron chi connectivity index (χ1n) is 8.93. The number of rotatable bonds is 8. The van der Waals surface area contributed by atoms with Crippen molar-refractivity contribution in [1.29, 1.82) is 0 Å². The molecule has 120 valence electrons. The summed E-state index contributed by atoms with van der Waals surface area (Å²) < 4.78 is 2.33. The van der Waals surface area contributed by atoms with Crippen molar-refractivity contribution in [2.75, 3.05) is 6.54 Å². The maximum atomic E-state index is 4.94. The molecule has 1 aromatic heterocycles. The molecule has 1 aliphatic rings. The molecule has 1 aliphatic carbocycles. The average Bonchev–Trinajstić information content (AvgIpc) is 3.06. The third-order valence-corrected chi connectivity index (χ3v) is 4.68. The zero-order chi connectivity index (χ0) is 15.2. The highest BCUT2D eigenvalue weighted by Crippen LogP contribution is 2.27. The molecule has 1 fully saturated rings. The molecule has 0 amide bonds. The summed E-state index contributed by atoms with van der Waals surface area (Å²) in [5.41, 5.74) is 4.25. The molecule has 3 nitrogen and oxygen atoms in total. The fourth-order valence-electron chi connectivity index (χ4n) is 3.55. The summed E-state index contributed by atoms with van der Waals surface area (Å²) in [6.45, 7) is 12.2. The largest absolute Gasteiger partial charge is 0.312 e. The Morgan fingerprint density at radius 1 is 1.19 bits per heavy atom. The summed E-state index contributed by atoms with van der Waals surface area (Å²) in [5.74, 6) is 1.56. The lowest BCUT2D eigenvalue weighted by Crippen LogP contribution is -2.20. The Kier molecular flexibility index (Phi) is 6.28. The molecular formula is C18H33N3. The zero-order valence-corrected chi connectivity index (χ0v) is 14.4. The third-order valence-electron chi connectivity index (χ3n) is 4.68. The van der Waals surface area contributed by atoms with Crippen molar-refractivity contribution in [3.63, 3.8) is 0 Å². The van der Waals surface area contributed by atoms with Gasteiger partial charge in [0, 0.05) is 24.3 Å². The molecule has 2 rings (SSSR count). The first kappa shape index (κ1) is 16.5.